The van der Waals surface area contributed by atoms with Crippen molar-refractivity contribution in [2.45, 2.75) is 13.3 Å². The summed E-state index contributed by atoms with van der Waals surface area (Å²) < 4.78 is 12.8. The second-order valence-corrected chi connectivity index (χ2v) is 4.50. The van der Waals surface area contributed by atoms with Crippen molar-refractivity contribution in [3.63, 3.8) is 0 Å². The Morgan fingerprint density at radius 1 is 1.23 bits per heavy atom. The van der Waals surface area contributed by atoms with Gasteiger partial charge in [0.15, 0.2) is 11.6 Å². The first kappa shape index (κ1) is 15.5. The molecule has 0 radical (unpaired) electrons. The highest BCUT2D eigenvalue weighted by atomic mass is 19.1. The molecule has 0 aliphatic rings. The lowest BCUT2D eigenvalue weighted by Crippen LogP contribution is -2.30. The number of hydrogen-bond donors (Lipinski definition) is 4. The van der Waals surface area contributed by atoms with Crippen molar-refractivity contribution in [1.82, 2.24) is 15.4 Å². The number of anilines is 3. The zero-order valence-corrected chi connectivity index (χ0v) is 12.1. The Kier molecular flexibility index (Phi) is 5.07. The Morgan fingerprint density at radius 2 is 1.91 bits per heavy atom. The van der Waals surface area contributed by atoms with Crippen LogP contribution in [-0.4, -0.2) is 22.4 Å². The summed E-state index contributed by atoms with van der Waals surface area (Å²) in [4.78, 5) is 19.9. The molecular weight excluding hydrogens is 287 g/mol. The quantitative estimate of drug-likeness (QED) is 0.606. The van der Waals surface area contributed by atoms with Crippen molar-refractivity contribution in [3.05, 3.63) is 42.0 Å². The lowest BCUT2D eigenvalue weighted by Gasteiger charge is -2.12. The molecule has 1 heterocycles. The van der Waals surface area contributed by atoms with Crippen molar-refractivity contribution in [3.8, 4) is 0 Å². The number of carbonyl (C=O) groups excluding carboxylic acids is 1. The van der Waals surface area contributed by atoms with E-state index >= 15 is 0 Å². The Labute approximate surface area is 127 Å². The fourth-order valence-corrected chi connectivity index (χ4v) is 1.67. The van der Waals surface area contributed by atoms with Gasteiger partial charge in [-0.3, -0.25) is 15.6 Å². The Morgan fingerprint density at radius 3 is 2.59 bits per heavy atom. The normalized spacial score (nSPS) is 10.1. The zero-order valence-electron chi connectivity index (χ0n) is 12.1. The summed E-state index contributed by atoms with van der Waals surface area (Å²) in [7, 11) is 0. The summed E-state index contributed by atoms with van der Waals surface area (Å²) >= 11 is 0. The van der Waals surface area contributed by atoms with Gasteiger partial charge >= 0.3 is 0 Å². The Hall–Kier alpha value is -2.90. The fraction of sp³-hybridized carbons (Fsp3) is 0.214. The van der Waals surface area contributed by atoms with Gasteiger partial charge in [-0.2, -0.15) is 0 Å². The van der Waals surface area contributed by atoms with Gasteiger partial charge in [0.1, 0.15) is 17.8 Å². The maximum atomic E-state index is 12.8. The third-order valence-corrected chi connectivity index (χ3v) is 2.83. The molecule has 1 amide bonds. The molecule has 1 aromatic heterocycles. The van der Waals surface area contributed by atoms with Gasteiger partial charge in [-0.05, 0) is 30.7 Å². The molecule has 0 bridgehead atoms. The number of halogens is 1. The molecule has 0 fully saturated rings. The second-order valence-electron chi connectivity index (χ2n) is 4.50. The van der Waals surface area contributed by atoms with E-state index in [1.165, 1.54) is 30.6 Å². The topological polar surface area (TPSA) is 105 Å². The molecular formula is C14H17FN6O. The van der Waals surface area contributed by atoms with Gasteiger partial charge in [0.25, 0.3) is 5.91 Å². The first-order valence-electron chi connectivity index (χ1n) is 6.78. The van der Waals surface area contributed by atoms with E-state index in [-0.39, 0.29) is 5.82 Å². The van der Waals surface area contributed by atoms with Crippen LogP contribution >= 0.6 is 0 Å². The number of nitrogens with one attached hydrogen (secondary N) is 3. The molecule has 0 saturated heterocycles. The molecule has 1 aromatic carbocycles. The third-order valence-electron chi connectivity index (χ3n) is 2.83. The molecule has 0 aliphatic carbocycles. The van der Waals surface area contributed by atoms with Crippen LogP contribution in [0.5, 0.6) is 0 Å². The largest absolute Gasteiger partial charge is 0.393 e. The predicted molar refractivity (Wildman–Crippen MR) is 82.7 cm³/mol. The highest BCUT2D eigenvalue weighted by Crippen LogP contribution is 2.21. The Bertz CT molecular complexity index is 646. The first-order valence-corrected chi connectivity index (χ1v) is 6.78. The molecule has 2 rings (SSSR count). The zero-order chi connectivity index (χ0) is 15.9. The van der Waals surface area contributed by atoms with E-state index in [2.05, 4.69) is 26.1 Å². The number of nitrogens with zero attached hydrogens (tertiary/aromatic N) is 2. The van der Waals surface area contributed by atoms with Crippen molar-refractivity contribution in [2.24, 2.45) is 0 Å². The predicted octanol–water partition coefficient (Wildman–Crippen LogP) is 1.78. The van der Waals surface area contributed by atoms with Gasteiger partial charge in [-0.25, -0.2) is 14.4 Å². The van der Waals surface area contributed by atoms with E-state index in [1.807, 2.05) is 6.92 Å². The highest BCUT2D eigenvalue weighted by Gasteiger charge is 2.09. The number of benzene rings is 1. The first-order chi connectivity index (χ1) is 10.6. The van der Waals surface area contributed by atoms with E-state index in [4.69, 9.17) is 5.73 Å². The molecule has 0 spiro atoms. The number of carbonyl (C=O) groups is 1. The number of hydrazine groups is 1. The second kappa shape index (κ2) is 7.21. The minimum atomic E-state index is -0.430. The number of aromatic nitrogens is 2. The van der Waals surface area contributed by atoms with Gasteiger partial charge in [-0.15, -0.1) is 0 Å². The van der Waals surface area contributed by atoms with Crippen LogP contribution in [0.15, 0.2) is 30.6 Å². The van der Waals surface area contributed by atoms with Crippen LogP contribution in [0.1, 0.15) is 23.7 Å². The van der Waals surface area contributed by atoms with Crippen LogP contribution in [0.2, 0.25) is 0 Å². The molecule has 5 N–H and O–H groups in total. The molecule has 0 atom stereocenters. The maximum absolute atomic E-state index is 12.8. The van der Waals surface area contributed by atoms with E-state index in [9.17, 15) is 9.18 Å². The van der Waals surface area contributed by atoms with Crippen LogP contribution in [0.4, 0.5) is 21.7 Å². The summed E-state index contributed by atoms with van der Waals surface area (Å²) in [6.07, 6.45) is 2.26. The molecule has 0 saturated carbocycles. The van der Waals surface area contributed by atoms with Gasteiger partial charge in [0.2, 0.25) is 0 Å². The van der Waals surface area contributed by atoms with Crippen molar-refractivity contribution in [1.29, 1.82) is 0 Å². The third kappa shape index (κ3) is 3.81. The summed E-state index contributed by atoms with van der Waals surface area (Å²) in [5.41, 5.74) is 11.6. The lowest BCUT2D eigenvalue weighted by atomic mass is 10.2. The van der Waals surface area contributed by atoms with Gasteiger partial charge in [-0.1, -0.05) is 6.92 Å². The standard InChI is InChI=1S/C14H17FN6O/c1-2-7-17-12-11(16)13(19-8-18-12)20-21-14(22)9-3-5-10(15)6-4-9/h3-6,8H,2,7,16H2,1H3,(H,21,22)(H2,17,18,19,20). The van der Waals surface area contributed by atoms with Crippen molar-refractivity contribution in [2.75, 3.05) is 23.0 Å². The molecule has 22 heavy (non-hydrogen) atoms. The van der Waals surface area contributed by atoms with Crippen molar-refractivity contribution >= 4 is 23.2 Å². The van der Waals surface area contributed by atoms with Gasteiger partial charge in [0.05, 0.1) is 0 Å². The van der Waals surface area contributed by atoms with E-state index in [1.54, 1.807) is 0 Å². The molecule has 2 aromatic rings. The average molecular weight is 304 g/mol. The SMILES string of the molecule is CCCNc1ncnc(NNC(=O)c2ccc(F)cc2)c1N. The smallest absolute Gasteiger partial charge is 0.269 e. The summed E-state index contributed by atoms with van der Waals surface area (Å²) in [5.74, 6) is -0.0586. The molecule has 116 valence electrons. The highest BCUT2D eigenvalue weighted by molar-refractivity contribution is 5.95. The summed E-state index contributed by atoms with van der Waals surface area (Å²) in [6, 6.07) is 5.18. The summed E-state index contributed by atoms with van der Waals surface area (Å²) in [5, 5.41) is 3.06. The van der Waals surface area contributed by atoms with Gasteiger partial charge < -0.3 is 11.1 Å². The van der Waals surface area contributed by atoms with E-state index < -0.39 is 11.7 Å². The van der Waals surface area contributed by atoms with E-state index in [0.29, 0.717) is 17.1 Å². The number of rotatable bonds is 6. The molecule has 0 aliphatic heterocycles. The van der Waals surface area contributed by atoms with Crippen LogP contribution in [-0.2, 0) is 0 Å². The molecule has 8 heteroatoms. The number of nitrogens with two attached hydrogens (primary N) is 1. The van der Waals surface area contributed by atoms with Crippen LogP contribution < -0.4 is 21.9 Å². The number of hydrogen-bond acceptors (Lipinski definition) is 6. The monoisotopic (exact) mass is 304 g/mol. The Balaban J connectivity index is 2.02. The minimum Gasteiger partial charge on any atom is -0.393 e. The number of amides is 1. The lowest BCUT2D eigenvalue weighted by molar-refractivity contribution is 0.0962. The van der Waals surface area contributed by atoms with Crippen LogP contribution in [0, 0.1) is 5.82 Å². The van der Waals surface area contributed by atoms with Gasteiger partial charge in [0, 0.05) is 12.1 Å². The summed E-state index contributed by atoms with van der Waals surface area (Å²) in [6.45, 7) is 2.75. The van der Waals surface area contributed by atoms with Crippen LogP contribution in [0.25, 0.3) is 0 Å². The maximum Gasteiger partial charge on any atom is 0.269 e. The number of nitrogen functional groups attached to an aromatic ring is 1. The fourth-order valence-electron chi connectivity index (χ4n) is 1.67. The molecule has 0 unspecified atom stereocenters. The van der Waals surface area contributed by atoms with Crippen molar-refractivity contribution < 1.29 is 9.18 Å². The van der Waals surface area contributed by atoms with Crippen LogP contribution in [0.3, 0.4) is 0 Å². The molecule has 7 nitrogen and oxygen atoms in total. The van der Waals surface area contributed by atoms with E-state index in [0.717, 1.165) is 13.0 Å². The minimum absolute atomic E-state index is 0.282. The average Bonchev–Trinajstić information content (AvgIpc) is 2.53.